The van der Waals surface area contributed by atoms with Crippen molar-refractivity contribution in [2.45, 2.75) is 26.4 Å². The van der Waals surface area contributed by atoms with Gasteiger partial charge in [-0.3, -0.25) is 4.79 Å². The Morgan fingerprint density at radius 3 is 2.64 bits per heavy atom. The summed E-state index contributed by atoms with van der Waals surface area (Å²) in [6.07, 6.45) is 2.92. The number of benzene rings is 2. The van der Waals surface area contributed by atoms with Crippen molar-refractivity contribution in [3.8, 4) is 11.5 Å². The first-order valence-corrected chi connectivity index (χ1v) is 10.5. The van der Waals surface area contributed by atoms with Gasteiger partial charge in [0, 0.05) is 0 Å². The van der Waals surface area contributed by atoms with Crippen LogP contribution in [0.15, 0.2) is 56.8 Å². The van der Waals surface area contributed by atoms with E-state index in [-0.39, 0.29) is 12.0 Å². The molecular weight excluding hydrogens is 440 g/mol. The van der Waals surface area contributed by atoms with Gasteiger partial charge >= 0.3 is 0 Å². The van der Waals surface area contributed by atoms with Crippen LogP contribution in [0.2, 0.25) is 0 Å². The van der Waals surface area contributed by atoms with Gasteiger partial charge in [0.05, 0.1) is 28.3 Å². The minimum Gasteiger partial charge on any atom is -0.497 e. The Balaban J connectivity index is 1.74. The number of amides is 1. The Hall–Kier alpha value is -2.25. The highest BCUT2D eigenvalue weighted by Crippen LogP contribution is 2.32. The maximum atomic E-state index is 12.3. The number of hydrogen-bond donors (Lipinski definition) is 1. The van der Waals surface area contributed by atoms with Crippen LogP contribution in [0, 0.1) is 0 Å². The quantitative estimate of drug-likeness (QED) is 0.575. The predicted molar refractivity (Wildman–Crippen MR) is 118 cm³/mol. The van der Waals surface area contributed by atoms with Crippen molar-refractivity contribution < 1.29 is 14.3 Å². The number of thioether (sulfide) groups is 1. The Morgan fingerprint density at radius 2 is 2.00 bits per heavy atom. The zero-order chi connectivity index (χ0) is 20.1. The molecule has 1 heterocycles. The van der Waals surface area contributed by atoms with E-state index in [1.54, 1.807) is 7.11 Å². The summed E-state index contributed by atoms with van der Waals surface area (Å²) in [7, 11) is 1.62. The maximum absolute atomic E-state index is 12.3. The summed E-state index contributed by atoms with van der Waals surface area (Å²) < 4.78 is 11.9. The summed E-state index contributed by atoms with van der Waals surface area (Å²) in [4.78, 5) is 17.3. The van der Waals surface area contributed by atoms with E-state index in [1.165, 1.54) is 11.8 Å². The lowest BCUT2D eigenvalue weighted by molar-refractivity contribution is -0.115. The van der Waals surface area contributed by atoms with Crippen molar-refractivity contribution in [2.75, 3.05) is 7.11 Å². The van der Waals surface area contributed by atoms with Crippen molar-refractivity contribution >= 4 is 50.5 Å². The fraction of sp³-hybridized carbons (Fsp3) is 0.238. The zero-order valence-electron chi connectivity index (χ0n) is 15.9. The average molecular weight is 461 g/mol. The molecule has 1 aliphatic rings. The lowest BCUT2D eigenvalue weighted by Gasteiger charge is -2.14. The molecule has 1 fully saturated rings. The first-order valence-electron chi connectivity index (χ1n) is 8.88. The molecule has 0 unspecified atom stereocenters. The van der Waals surface area contributed by atoms with E-state index >= 15 is 0 Å². The third-order valence-corrected chi connectivity index (χ3v) is 5.64. The van der Waals surface area contributed by atoms with Crippen molar-refractivity contribution in [1.82, 2.24) is 5.32 Å². The number of carbonyl (C=O) groups is 1. The fourth-order valence-corrected chi connectivity index (χ4v) is 3.74. The number of carbonyl (C=O) groups excluding carboxylic acids is 1. The van der Waals surface area contributed by atoms with E-state index in [0.717, 1.165) is 33.6 Å². The zero-order valence-corrected chi connectivity index (χ0v) is 18.3. The molecule has 0 aliphatic carbocycles. The molecule has 1 aliphatic heterocycles. The second kappa shape index (κ2) is 9.30. The monoisotopic (exact) mass is 460 g/mol. The second-order valence-electron chi connectivity index (χ2n) is 6.21. The van der Waals surface area contributed by atoms with Gasteiger partial charge < -0.3 is 14.8 Å². The molecule has 3 rings (SSSR count). The van der Waals surface area contributed by atoms with E-state index < -0.39 is 0 Å². The molecular formula is C21H21BrN2O3S. The lowest BCUT2D eigenvalue weighted by Crippen LogP contribution is -2.19. The molecule has 0 bridgehead atoms. The molecule has 28 heavy (non-hydrogen) atoms. The summed E-state index contributed by atoms with van der Waals surface area (Å²) in [5.74, 6) is 1.40. The topological polar surface area (TPSA) is 59.9 Å². The van der Waals surface area contributed by atoms with Gasteiger partial charge in [-0.2, -0.15) is 0 Å². The first-order chi connectivity index (χ1) is 13.5. The van der Waals surface area contributed by atoms with Gasteiger partial charge in [0.25, 0.3) is 5.91 Å². The van der Waals surface area contributed by atoms with Gasteiger partial charge in [0.1, 0.15) is 11.5 Å². The maximum Gasteiger partial charge on any atom is 0.264 e. The molecule has 146 valence electrons. The van der Waals surface area contributed by atoms with Crippen LogP contribution in [0.1, 0.15) is 25.8 Å². The molecule has 0 radical (unpaired) electrons. The molecule has 1 N–H and O–H groups in total. The lowest BCUT2D eigenvalue weighted by atomic mass is 10.2. The predicted octanol–water partition coefficient (Wildman–Crippen LogP) is 5.53. The van der Waals surface area contributed by atoms with Gasteiger partial charge in [-0.05, 0) is 89.1 Å². The molecule has 7 heteroatoms. The third kappa shape index (κ3) is 5.17. The number of ether oxygens (including phenoxy) is 2. The molecule has 1 amide bonds. The Labute approximate surface area is 177 Å². The van der Waals surface area contributed by atoms with Crippen LogP contribution in [0.4, 0.5) is 5.69 Å². The van der Waals surface area contributed by atoms with Gasteiger partial charge in [-0.15, -0.1) is 0 Å². The molecule has 1 atom stereocenters. The van der Waals surface area contributed by atoms with Crippen LogP contribution in [-0.4, -0.2) is 24.3 Å². The molecule has 0 spiro atoms. The van der Waals surface area contributed by atoms with Crippen LogP contribution >= 0.6 is 27.7 Å². The number of halogens is 1. The highest BCUT2D eigenvalue weighted by atomic mass is 79.9. The number of hydrogen-bond acceptors (Lipinski definition) is 5. The van der Waals surface area contributed by atoms with Crippen molar-refractivity contribution in [2.24, 2.45) is 4.99 Å². The SMILES string of the molecule is CC[C@H](C)Oc1ccc(/C=C2/SC(=Nc3ccc(OC)cc3)NC2=O)cc1Br. The van der Waals surface area contributed by atoms with Gasteiger partial charge in [0.2, 0.25) is 0 Å². The standard InChI is InChI=1S/C21H21BrN2O3S/c1-4-13(2)27-18-10-5-14(11-17(18)22)12-19-20(25)24-21(28-19)23-15-6-8-16(26-3)9-7-15/h5-13H,4H2,1-3H3,(H,23,24,25)/b19-12+/t13-/m0/s1. The number of methoxy groups -OCH3 is 1. The molecule has 0 aromatic heterocycles. The molecule has 2 aromatic carbocycles. The summed E-state index contributed by atoms with van der Waals surface area (Å²) in [5.41, 5.74) is 1.66. The highest BCUT2D eigenvalue weighted by Gasteiger charge is 2.24. The molecule has 2 aromatic rings. The number of amidine groups is 1. The van der Waals surface area contributed by atoms with Gasteiger partial charge in [0.15, 0.2) is 5.17 Å². The Bertz CT molecular complexity index is 926. The second-order valence-corrected chi connectivity index (χ2v) is 8.09. The van der Waals surface area contributed by atoms with Crippen molar-refractivity contribution in [1.29, 1.82) is 0 Å². The summed E-state index contributed by atoms with van der Waals surface area (Å²) in [6.45, 7) is 4.11. The fourth-order valence-electron chi connectivity index (χ4n) is 2.41. The minimum absolute atomic E-state index is 0.147. The number of aliphatic imine (C=N–C) groups is 1. The normalized spacial score (nSPS) is 17.6. The smallest absolute Gasteiger partial charge is 0.264 e. The van der Waals surface area contributed by atoms with Gasteiger partial charge in [-0.1, -0.05) is 13.0 Å². The van der Waals surface area contributed by atoms with Crippen LogP contribution in [0.5, 0.6) is 11.5 Å². The Morgan fingerprint density at radius 1 is 1.25 bits per heavy atom. The first kappa shape index (κ1) is 20.5. The van der Waals surface area contributed by atoms with Crippen LogP contribution in [0.25, 0.3) is 6.08 Å². The van der Waals surface area contributed by atoms with E-state index in [9.17, 15) is 4.79 Å². The van der Waals surface area contributed by atoms with E-state index in [2.05, 4.69) is 33.2 Å². The van der Waals surface area contributed by atoms with Crippen LogP contribution < -0.4 is 14.8 Å². The highest BCUT2D eigenvalue weighted by molar-refractivity contribution is 9.10. The third-order valence-electron chi connectivity index (χ3n) is 4.11. The van der Waals surface area contributed by atoms with E-state index in [0.29, 0.717) is 10.1 Å². The average Bonchev–Trinajstić information content (AvgIpc) is 3.03. The molecule has 1 saturated heterocycles. The minimum atomic E-state index is -0.159. The summed E-state index contributed by atoms with van der Waals surface area (Å²) in [5, 5.41) is 3.35. The Kier molecular flexibility index (Phi) is 6.80. The van der Waals surface area contributed by atoms with Crippen molar-refractivity contribution in [3.05, 3.63) is 57.4 Å². The van der Waals surface area contributed by atoms with Crippen molar-refractivity contribution in [3.63, 3.8) is 0 Å². The van der Waals surface area contributed by atoms with E-state index in [1.807, 2.05) is 55.5 Å². The largest absolute Gasteiger partial charge is 0.497 e. The van der Waals surface area contributed by atoms with Gasteiger partial charge in [-0.25, -0.2) is 4.99 Å². The van der Waals surface area contributed by atoms with Crippen LogP contribution in [0.3, 0.4) is 0 Å². The number of rotatable bonds is 6. The summed E-state index contributed by atoms with van der Waals surface area (Å²) >= 11 is 4.86. The summed E-state index contributed by atoms with van der Waals surface area (Å²) in [6, 6.07) is 13.1. The van der Waals surface area contributed by atoms with Crippen LogP contribution in [-0.2, 0) is 4.79 Å². The molecule has 0 saturated carbocycles. The number of nitrogens with zero attached hydrogens (tertiary/aromatic N) is 1. The molecule has 5 nitrogen and oxygen atoms in total. The van der Waals surface area contributed by atoms with E-state index in [4.69, 9.17) is 9.47 Å². The number of nitrogens with one attached hydrogen (secondary N) is 1.